The van der Waals surface area contributed by atoms with Crippen molar-refractivity contribution >= 4 is 34.8 Å². The van der Waals surface area contributed by atoms with Crippen LogP contribution in [0, 0.1) is 5.92 Å². The summed E-state index contributed by atoms with van der Waals surface area (Å²) in [6, 6.07) is 13.5. The summed E-state index contributed by atoms with van der Waals surface area (Å²) in [4.78, 5) is 23.8. The fourth-order valence-corrected chi connectivity index (χ4v) is 2.25. The SMILES string of the molecule is O=C(Nc1ccc(Cl)cc1)Nc1ccc(C(=O)C2CC2)cc1. The Morgan fingerprint density at radius 3 is 1.86 bits per heavy atom. The molecule has 0 heterocycles. The van der Waals surface area contributed by atoms with Gasteiger partial charge in [-0.05, 0) is 61.4 Å². The van der Waals surface area contributed by atoms with Gasteiger partial charge >= 0.3 is 6.03 Å². The first kappa shape index (κ1) is 14.6. The molecule has 0 spiro atoms. The predicted molar refractivity (Wildman–Crippen MR) is 87.6 cm³/mol. The van der Waals surface area contributed by atoms with Crippen LogP contribution in [-0.4, -0.2) is 11.8 Å². The largest absolute Gasteiger partial charge is 0.323 e. The van der Waals surface area contributed by atoms with E-state index in [1.165, 1.54) is 0 Å². The molecule has 0 atom stereocenters. The average Bonchev–Trinajstić information content (AvgIpc) is 3.34. The standard InChI is InChI=1S/C17H15ClN2O2/c18-13-5-9-15(10-6-13)20-17(22)19-14-7-3-12(4-8-14)16(21)11-1-2-11/h3-11H,1-2H2,(H2,19,20,22). The molecule has 1 aliphatic carbocycles. The maximum absolute atomic E-state index is 11.9. The Morgan fingerprint density at radius 1 is 0.864 bits per heavy atom. The van der Waals surface area contributed by atoms with E-state index in [9.17, 15) is 9.59 Å². The van der Waals surface area contributed by atoms with Gasteiger partial charge in [-0.15, -0.1) is 0 Å². The van der Waals surface area contributed by atoms with Gasteiger partial charge < -0.3 is 10.6 Å². The van der Waals surface area contributed by atoms with Gasteiger partial charge in [0.05, 0.1) is 0 Å². The number of urea groups is 1. The zero-order valence-electron chi connectivity index (χ0n) is 11.8. The van der Waals surface area contributed by atoms with E-state index in [2.05, 4.69) is 10.6 Å². The van der Waals surface area contributed by atoms with E-state index in [0.29, 0.717) is 22.0 Å². The molecule has 0 aliphatic heterocycles. The Balaban J connectivity index is 1.59. The number of amides is 2. The lowest BCUT2D eigenvalue weighted by Crippen LogP contribution is -2.19. The number of halogens is 1. The Morgan fingerprint density at radius 2 is 1.36 bits per heavy atom. The second kappa shape index (κ2) is 6.20. The van der Waals surface area contributed by atoms with Gasteiger partial charge in [-0.3, -0.25) is 4.79 Å². The number of Topliss-reactive ketones (excluding diaryl/α,β-unsaturated/α-hetero) is 1. The molecule has 5 heteroatoms. The molecule has 112 valence electrons. The van der Waals surface area contributed by atoms with Crippen molar-refractivity contribution < 1.29 is 9.59 Å². The minimum atomic E-state index is -0.344. The Kier molecular flexibility index (Phi) is 4.11. The van der Waals surface area contributed by atoms with Gasteiger partial charge in [0.1, 0.15) is 0 Å². The Bertz CT molecular complexity index is 692. The lowest BCUT2D eigenvalue weighted by molar-refractivity contribution is 0.0967. The van der Waals surface area contributed by atoms with Crippen molar-refractivity contribution in [3.63, 3.8) is 0 Å². The quantitative estimate of drug-likeness (QED) is 0.812. The smallest absolute Gasteiger partial charge is 0.308 e. The summed E-state index contributed by atoms with van der Waals surface area (Å²) in [7, 11) is 0. The third-order valence-corrected chi connectivity index (χ3v) is 3.73. The first-order valence-corrected chi connectivity index (χ1v) is 7.47. The number of ketones is 1. The van der Waals surface area contributed by atoms with Crippen molar-refractivity contribution in [3.05, 3.63) is 59.1 Å². The Labute approximate surface area is 133 Å². The van der Waals surface area contributed by atoms with E-state index in [1.807, 2.05) is 0 Å². The van der Waals surface area contributed by atoms with Gasteiger partial charge in [0, 0.05) is 27.9 Å². The zero-order valence-corrected chi connectivity index (χ0v) is 12.6. The third-order valence-electron chi connectivity index (χ3n) is 3.48. The fraction of sp³-hybridized carbons (Fsp3) is 0.176. The van der Waals surface area contributed by atoms with Crippen molar-refractivity contribution in [2.24, 2.45) is 5.92 Å². The van der Waals surface area contributed by atoms with E-state index >= 15 is 0 Å². The van der Waals surface area contributed by atoms with Crippen LogP contribution in [0.3, 0.4) is 0 Å². The number of anilines is 2. The van der Waals surface area contributed by atoms with Crippen molar-refractivity contribution in [2.45, 2.75) is 12.8 Å². The first-order chi connectivity index (χ1) is 10.6. The van der Waals surface area contributed by atoms with Crippen molar-refractivity contribution in [1.82, 2.24) is 0 Å². The molecule has 0 radical (unpaired) electrons. The highest BCUT2D eigenvalue weighted by atomic mass is 35.5. The van der Waals surface area contributed by atoms with Gasteiger partial charge in [-0.1, -0.05) is 11.6 Å². The molecular weight excluding hydrogens is 300 g/mol. The zero-order chi connectivity index (χ0) is 15.5. The maximum Gasteiger partial charge on any atom is 0.323 e. The van der Waals surface area contributed by atoms with Crippen LogP contribution in [0.4, 0.5) is 16.2 Å². The summed E-state index contributed by atoms with van der Waals surface area (Å²) in [5.41, 5.74) is 1.99. The minimum Gasteiger partial charge on any atom is -0.308 e. The summed E-state index contributed by atoms with van der Waals surface area (Å²) in [6.07, 6.45) is 1.98. The molecule has 2 amide bonds. The molecule has 2 N–H and O–H groups in total. The van der Waals surface area contributed by atoms with E-state index in [-0.39, 0.29) is 17.7 Å². The number of hydrogen-bond acceptors (Lipinski definition) is 2. The van der Waals surface area contributed by atoms with Crippen LogP contribution in [0.15, 0.2) is 48.5 Å². The molecule has 0 unspecified atom stereocenters. The lowest BCUT2D eigenvalue weighted by atomic mass is 10.1. The number of rotatable bonds is 4. The van der Waals surface area contributed by atoms with E-state index < -0.39 is 0 Å². The van der Waals surface area contributed by atoms with Crippen LogP contribution in [0.25, 0.3) is 0 Å². The average molecular weight is 315 g/mol. The predicted octanol–water partition coefficient (Wildman–Crippen LogP) is 4.58. The highest BCUT2D eigenvalue weighted by molar-refractivity contribution is 6.30. The molecule has 0 bridgehead atoms. The van der Waals surface area contributed by atoms with Crippen molar-refractivity contribution in [2.75, 3.05) is 10.6 Å². The second-order valence-electron chi connectivity index (χ2n) is 5.30. The Hall–Kier alpha value is -2.33. The normalized spacial score (nSPS) is 13.5. The van der Waals surface area contributed by atoms with Crippen LogP contribution in [-0.2, 0) is 0 Å². The molecule has 1 saturated carbocycles. The van der Waals surface area contributed by atoms with Crippen LogP contribution < -0.4 is 10.6 Å². The highest BCUT2D eigenvalue weighted by Gasteiger charge is 2.30. The molecule has 1 fully saturated rings. The van der Waals surface area contributed by atoms with Crippen molar-refractivity contribution in [3.8, 4) is 0 Å². The van der Waals surface area contributed by atoms with E-state index in [1.54, 1.807) is 48.5 Å². The molecule has 4 nitrogen and oxygen atoms in total. The third kappa shape index (κ3) is 3.65. The van der Waals surface area contributed by atoms with E-state index in [4.69, 9.17) is 11.6 Å². The summed E-state index contributed by atoms with van der Waals surface area (Å²) in [5, 5.41) is 6.04. The molecule has 0 saturated heterocycles. The van der Waals surface area contributed by atoms with Gasteiger partial charge in [0.2, 0.25) is 0 Å². The molecular formula is C17H15ClN2O2. The van der Waals surface area contributed by atoms with Crippen molar-refractivity contribution in [1.29, 1.82) is 0 Å². The molecule has 3 rings (SSSR count). The van der Waals surface area contributed by atoms with Crippen LogP contribution >= 0.6 is 11.6 Å². The number of hydrogen-bond donors (Lipinski definition) is 2. The van der Waals surface area contributed by atoms with Gasteiger partial charge in [-0.2, -0.15) is 0 Å². The van der Waals surface area contributed by atoms with Crippen LogP contribution in [0.2, 0.25) is 5.02 Å². The summed E-state index contributed by atoms with van der Waals surface area (Å²) >= 11 is 5.79. The highest BCUT2D eigenvalue weighted by Crippen LogP contribution is 2.32. The van der Waals surface area contributed by atoms with E-state index in [0.717, 1.165) is 12.8 Å². The molecule has 22 heavy (non-hydrogen) atoms. The molecule has 2 aromatic carbocycles. The molecule has 1 aliphatic rings. The number of benzene rings is 2. The fourth-order valence-electron chi connectivity index (χ4n) is 2.13. The van der Waals surface area contributed by atoms with Crippen LogP contribution in [0.5, 0.6) is 0 Å². The van der Waals surface area contributed by atoms with Gasteiger partial charge in [0.25, 0.3) is 0 Å². The monoisotopic (exact) mass is 314 g/mol. The molecule has 2 aromatic rings. The summed E-state index contributed by atoms with van der Waals surface area (Å²) in [5.74, 6) is 0.393. The van der Waals surface area contributed by atoms with Gasteiger partial charge in [0.15, 0.2) is 5.78 Å². The van der Waals surface area contributed by atoms with Gasteiger partial charge in [-0.25, -0.2) is 4.79 Å². The number of carbonyl (C=O) groups is 2. The number of nitrogens with one attached hydrogen (secondary N) is 2. The second-order valence-corrected chi connectivity index (χ2v) is 5.74. The summed E-state index contributed by atoms with van der Waals surface area (Å²) in [6.45, 7) is 0. The van der Waals surface area contributed by atoms with Crippen LogP contribution in [0.1, 0.15) is 23.2 Å². The topological polar surface area (TPSA) is 58.2 Å². The molecule has 0 aromatic heterocycles. The number of carbonyl (C=O) groups excluding carboxylic acids is 2. The first-order valence-electron chi connectivity index (χ1n) is 7.10. The lowest BCUT2D eigenvalue weighted by Gasteiger charge is -2.08. The minimum absolute atomic E-state index is 0.192. The maximum atomic E-state index is 11.9. The summed E-state index contributed by atoms with van der Waals surface area (Å²) < 4.78 is 0.